The molecule has 3 N–H and O–H groups in total. The first kappa shape index (κ1) is 16.0. The number of hydrogen-bond donors (Lipinski definition) is 3. The van der Waals surface area contributed by atoms with Gasteiger partial charge in [0, 0.05) is 54.8 Å². The topological polar surface area (TPSA) is 95.1 Å². The Bertz CT molecular complexity index is 994. The van der Waals surface area contributed by atoms with Gasteiger partial charge in [-0.15, -0.1) is 0 Å². The van der Waals surface area contributed by atoms with E-state index in [0.717, 1.165) is 24.0 Å². The standard InChI is InChI=1S/C19H19N7O/c27-19(25-18-10-20-5-6-22-18)24-16-3-4-21-17-8-13(1-2-15(16)17)26-11-12-7-14(26)9-23-12/h1-6,8,10,12,14,23H,7,9,11H2,(H2,21,22,24,25,27)/t12-,14-/m0/s1. The third-order valence-corrected chi connectivity index (χ3v) is 5.17. The predicted molar refractivity (Wildman–Crippen MR) is 104 cm³/mol. The summed E-state index contributed by atoms with van der Waals surface area (Å²) in [5.74, 6) is 0.397. The van der Waals surface area contributed by atoms with Crippen molar-refractivity contribution in [1.29, 1.82) is 0 Å². The summed E-state index contributed by atoms with van der Waals surface area (Å²) in [7, 11) is 0. The Hall–Kier alpha value is -3.26. The molecular weight excluding hydrogens is 342 g/mol. The van der Waals surface area contributed by atoms with Crippen LogP contribution in [0, 0.1) is 0 Å². The van der Waals surface area contributed by atoms with E-state index in [-0.39, 0.29) is 6.03 Å². The number of aromatic nitrogens is 3. The molecule has 0 unspecified atom stereocenters. The molecule has 3 aromatic rings. The third-order valence-electron chi connectivity index (χ3n) is 5.17. The normalized spacial score (nSPS) is 20.8. The molecule has 2 amide bonds. The van der Waals surface area contributed by atoms with Crippen LogP contribution in [0.1, 0.15) is 6.42 Å². The van der Waals surface area contributed by atoms with Gasteiger partial charge in [-0.25, -0.2) is 9.78 Å². The second kappa shape index (κ2) is 6.48. The number of anilines is 3. The van der Waals surface area contributed by atoms with Crippen LogP contribution in [0.15, 0.2) is 49.1 Å². The minimum Gasteiger partial charge on any atom is -0.366 e. The average Bonchev–Trinajstić information content (AvgIpc) is 3.32. The Morgan fingerprint density at radius 3 is 2.89 bits per heavy atom. The summed E-state index contributed by atoms with van der Waals surface area (Å²) >= 11 is 0. The number of piperazine rings is 1. The molecule has 0 radical (unpaired) electrons. The van der Waals surface area contributed by atoms with Crippen LogP contribution < -0.4 is 20.9 Å². The number of carbonyl (C=O) groups is 1. The van der Waals surface area contributed by atoms with Gasteiger partial charge in [0.05, 0.1) is 17.4 Å². The Kier molecular flexibility index (Phi) is 3.83. The van der Waals surface area contributed by atoms with Crippen molar-refractivity contribution in [2.45, 2.75) is 18.5 Å². The number of nitrogens with zero attached hydrogens (tertiary/aromatic N) is 4. The maximum absolute atomic E-state index is 12.3. The molecule has 2 fully saturated rings. The summed E-state index contributed by atoms with van der Waals surface area (Å²) < 4.78 is 0. The van der Waals surface area contributed by atoms with Crippen molar-refractivity contribution in [3.8, 4) is 0 Å². The molecule has 5 rings (SSSR count). The van der Waals surface area contributed by atoms with Crippen molar-refractivity contribution in [3.63, 3.8) is 0 Å². The van der Waals surface area contributed by atoms with Crippen molar-refractivity contribution < 1.29 is 4.79 Å². The van der Waals surface area contributed by atoms with E-state index in [1.54, 1.807) is 18.5 Å². The van der Waals surface area contributed by atoms with Crippen molar-refractivity contribution in [1.82, 2.24) is 20.3 Å². The number of benzene rings is 1. The van der Waals surface area contributed by atoms with E-state index in [4.69, 9.17) is 0 Å². The zero-order valence-corrected chi connectivity index (χ0v) is 14.6. The van der Waals surface area contributed by atoms with Crippen molar-refractivity contribution in [2.24, 2.45) is 0 Å². The molecule has 1 aromatic carbocycles. The maximum Gasteiger partial charge on any atom is 0.324 e. The lowest BCUT2D eigenvalue weighted by atomic mass is 10.1. The first-order chi connectivity index (χ1) is 13.3. The monoisotopic (exact) mass is 361 g/mol. The predicted octanol–water partition coefficient (Wildman–Crippen LogP) is 2.22. The van der Waals surface area contributed by atoms with Crippen LogP contribution >= 0.6 is 0 Å². The van der Waals surface area contributed by atoms with E-state index in [0.29, 0.717) is 23.6 Å². The molecule has 8 nitrogen and oxygen atoms in total. The Morgan fingerprint density at radius 2 is 2.11 bits per heavy atom. The number of urea groups is 1. The molecule has 2 bridgehead atoms. The summed E-state index contributed by atoms with van der Waals surface area (Å²) in [5, 5.41) is 9.96. The van der Waals surface area contributed by atoms with Crippen LogP contribution in [0.5, 0.6) is 0 Å². The summed E-state index contributed by atoms with van der Waals surface area (Å²) in [6, 6.07) is 8.81. The molecule has 2 aliphatic heterocycles. The quantitative estimate of drug-likeness (QED) is 0.662. The molecular formula is C19H19N7O. The summed E-state index contributed by atoms with van der Waals surface area (Å²) in [5.41, 5.74) is 2.75. The van der Waals surface area contributed by atoms with E-state index in [1.165, 1.54) is 24.5 Å². The van der Waals surface area contributed by atoms with Gasteiger partial charge in [-0.1, -0.05) is 0 Å². The van der Waals surface area contributed by atoms with Crippen LogP contribution in [-0.2, 0) is 0 Å². The van der Waals surface area contributed by atoms with Crippen molar-refractivity contribution >= 4 is 34.1 Å². The van der Waals surface area contributed by atoms with Gasteiger partial charge in [-0.05, 0) is 30.7 Å². The highest BCUT2D eigenvalue weighted by Crippen LogP contribution is 2.32. The van der Waals surface area contributed by atoms with Crippen LogP contribution in [0.2, 0.25) is 0 Å². The number of pyridine rings is 1. The van der Waals surface area contributed by atoms with Gasteiger partial charge in [0.15, 0.2) is 5.82 Å². The first-order valence-corrected chi connectivity index (χ1v) is 8.99. The number of nitrogens with one attached hydrogen (secondary N) is 3. The Morgan fingerprint density at radius 1 is 1.15 bits per heavy atom. The van der Waals surface area contributed by atoms with E-state index in [2.05, 4.69) is 47.9 Å². The van der Waals surface area contributed by atoms with Crippen LogP contribution in [-0.4, -0.2) is 46.2 Å². The maximum atomic E-state index is 12.3. The number of rotatable bonds is 3. The fourth-order valence-corrected chi connectivity index (χ4v) is 3.93. The lowest BCUT2D eigenvalue weighted by Crippen LogP contribution is -2.43. The minimum absolute atomic E-state index is 0.366. The molecule has 136 valence electrons. The molecule has 0 aliphatic carbocycles. The lowest BCUT2D eigenvalue weighted by molar-refractivity contribution is 0.262. The summed E-state index contributed by atoms with van der Waals surface area (Å²) in [6.07, 6.45) is 7.49. The van der Waals surface area contributed by atoms with E-state index >= 15 is 0 Å². The van der Waals surface area contributed by atoms with Gasteiger partial charge in [0.25, 0.3) is 0 Å². The van der Waals surface area contributed by atoms with Crippen molar-refractivity contribution in [3.05, 3.63) is 49.1 Å². The van der Waals surface area contributed by atoms with E-state index in [1.807, 2.05) is 6.07 Å². The average molecular weight is 361 g/mol. The second-order valence-electron chi connectivity index (χ2n) is 6.88. The zero-order valence-electron chi connectivity index (χ0n) is 14.6. The van der Waals surface area contributed by atoms with Gasteiger partial charge in [0.2, 0.25) is 0 Å². The third kappa shape index (κ3) is 3.04. The SMILES string of the molecule is O=C(Nc1cnccn1)Nc1ccnc2cc(N3C[C@@H]4C[C@H]3CN4)ccc12. The molecule has 8 heteroatoms. The van der Waals surface area contributed by atoms with E-state index < -0.39 is 0 Å². The highest BCUT2D eigenvalue weighted by atomic mass is 16.2. The molecule has 2 atom stereocenters. The van der Waals surface area contributed by atoms with Gasteiger partial charge >= 0.3 is 6.03 Å². The molecule has 0 saturated carbocycles. The lowest BCUT2D eigenvalue weighted by Gasteiger charge is -2.29. The van der Waals surface area contributed by atoms with Crippen LogP contribution in [0.25, 0.3) is 10.9 Å². The minimum atomic E-state index is -0.366. The van der Waals surface area contributed by atoms with Gasteiger partial charge in [0.1, 0.15) is 0 Å². The molecule has 4 heterocycles. The van der Waals surface area contributed by atoms with Gasteiger partial charge in [-0.3, -0.25) is 15.3 Å². The fraction of sp³-hybridized carbons (Fsp3) is 0.263. The van der Waals surface area contributed by atoms with Gasteiger partial charge in [-0.2, -0.15) is 0 Å². The van der Waals surface area contributed by atoms with Gasteiger partial charge < -0.3 is 15.5 Å². The summed E-state index contributed by atoms with van der Waals surface area (Å²) in [6.45, 7) is 2.08. The molecule has 2 aromatic heterocycles. The van der Waals surface area contributed by atoms with Crippen molar-refractivity contribution in [2.75, 3.05) is 28.6 Å². The largest absolute Gasteiger partial charge is 0.366 e. The molecule has 27 heavy (non-hydrogen) atoms. The highest BCUT2D eigenvalue weighted by molar-refractivity contribution is 6.05. The molecule has 0 spiro atoms. The summed E-state index contributed by atoms with van der Waals surface area (Å²) in [4.78, 5) is 27.2. The molecule has 2 saturated heterocycles. The van der Waals surface area contributed by atoms with Crippen LogP contribution in [0.3, 0.4) is 0 Å². The number of fused-ring (bicyclic) bond motifs is 3. The second-order valence-corrected chi connectivity index (χ2v) is 6.88. The molecule has 2 aliphatic rings. The first-order valence-electron chi connectivity index (χ1n) is 8.99. The number of amides is 2. The zero-order chi connectivity index (χ0) is 18.2. The smallest absolute Gasteiger partial charge is 0.324 e. The highest BCUT2D eigenvalue weighted by Gasteiger charge is 2.37. The van der Waals surface area contributed by atoms with E-state index in [9.17, 15) is 4.79 Å². The fourth-order valence-electron chi connectivity index (χ4n) is 3.93. The Labute approximate surface area is 156 Å². The number of hydrogen-bond acceptors (Lipinski definition) is 6. The van der Waals surface area contributed by atoms with Crippen LogP contribution in [0.4, 0.5) is 22.0 Å². The Balaban J connectivity index is 1.38. The number of carbonyl (C=O) groups excluding carboxylic acids is 1.